The normalized spacial score (nSPS) is 9.92. The molecule has 0 radical (unpaired) electrons. The summed E-state index contributed by atoms with van der Waals surface area (Å²) in [6.45, 7) is 3.38. The van der Waals surface area contributed by atoms with Crippen LogP contribution in [0.5, 0.6) is 0 Å². The molecule has 0 aromatic heterocycles. The van der Waals surface area contributed by atoms with Crippen molar-refractivity contribution >= 4 is 12.0 Å². The third kappa shape index (κ3) is 1.18. The van der Waals surface area contributed by atoms with Crippen molar-refractivity contribution in [3.63, 3.8) is 0 Å². The minimum atomic E-state index is -0.489. The molecule has 0 saturated heterocycles. The Balaban J connectivity index is 3.49. The lowest BCUT2D eigenvalue weighted by Gasteiger charge is -2.06. The Hall–Kier alpha value is -1.38. The molecule has 1 aromatic rings. The van der Waals surface area contributed by atoms with E-state index in [1.807, 2.05) is 0 Å². The zero-order valence-corrected chi connectivity index (χ0v) is 7.02. The number of anilines is 1. The second-order valence-corrected chi connectivity index (χ2v) is 2.75. The van der Waals surface area contributed by atoms with E-state index in [1.165, 1.54) is 0 Å². The maximum atomic E-state index is 13.2. The van der Waals surface area contributed by atoms with Crippen LogP contribution < -0.4 is 5.73 Å². The van der Waals surface area contributed by atoms with Crippen molar-refractivity contribution in [3.05, 3.63) is 28.6 Å². The van der Waals surface area contributed by atoms with Gasteiger partial charge in [0.05, 0.1) is 5.69 Å². The van der Waals surface area contributed by atoms with Crippen LogP contribution >= 0.6 is 0 Å². The Morgan fingerprint density at radius 2 is 2.08 bits per heavy atom. The molecule has 2 N–H and O–H groups in total. The molecule has 2 nitrogen and oxygen atoms in total. The van der Waals surface area contributed by atoms with Gasteiger partial charge < -0.3 is 5.73 Å². The third-order valence-electron chi connectivity index (χ3n) is 1.97. The Morgan fingerprint density at radius 1 is 1.50 bits per heavy atom. The molecule has 0 aliphatic rings. The number of halogens is 1. The average molecular weight is 167 g/mol. The minimum absolute atomic E-state index is 0.0619. The highest BCUT2D eigenvalue weighted by Gasteiger charge is 2.09. The molecule has 0 aliphatic heterocycles. The Labute approximate surface area is 70.2 Å². The van der Waals surface area contributed by atoms with Crippen molar-refractivity contribution in [3.8, 4) is 0 Å². The molecule has 1 aromatic carbocycles. The van der Waals surface area contributed by atoms with E-state index in [0.717, 1.165) is 5.56 Å². The van der Waals surface area contributed by atoms with Gasteiger partial charge in [0, 0.05) is 5.56 Å². The number of aryl methyl sites for hydroxylation is 1. The largest absolute Gasteiger partial charge is 0.396 e. The molecule has 12 heavy (non-hydrogen) atoms. The lowest BCUT2D eigenvalue weighted by Crippen LogP contribution is -2.01. The van der Waals surface area contributed by atoms with Crippen LogP contribution in [0.2, 0.25) is 0 Å². The molecular formula is C9H10FNO. The molecule has 1 rings (SSSR count). The monoisotopic (exact) mass is 167 g/mol. The van der Waals surface area contributed by atoms with E-state index in [0.29, 0.717) is 11.8 Å². The first-order valence-electron chi connectivity index (χ1n) is 3.58. The smallest absolute Gasteiger partial charge is 0.152 e. The molecule has 0 atom stereocenters. The van der Waals surface area contributed by atoms with Gasteiger partial charge in [-0.1, -0.05) is 0 Å². The summed E-state index contributed by atoms with van der Waals surface area (Å²) in [7, 11) is 0. The highest BCUT2D eigenvalue weighted by Crippen LogP contribution is 2.21. The van der Waals surface area contributed by atoms with Crippen LogP contribution in [0.1, 0.15) is 21.5 Å². The lowest BCUT2D eigenvalue weighted by atomic mass is 10.0. The number of rotatable bonds is 1. The summed E-state index contributed by atoms with van der Waals surface area (Å²) in [6.07, 6.45) is 0.560. The van der Waals surface area contributed by atoms with Gasteiger partial charge in [-0.05, 0) is 31.0 Å². The van der Waals surface area contributed by atoms with Crippen molar-refractivity contribution in [1.29, 1.82) is 0 Å². The van der Waals surface area contributed by atoms with Crippen LogP contribution in [0, 0.1) is 19.7 Å². The molecule has 0 unspecified atom stereocenters. The number of carbonyl (C=O) groups is 1. The summed E-state index contributed by atoms with van der Waals surface area (Å²) < 4.78 is 13.2. The Bertz CT molecular complexity index is 334. The fourth-order valence-corrected chi connectivity index (χ4v) is 1.02. The average Bonchev–Trinajstić information content (AvgIpc) is 2.08. The summed E-state index contributed by atoms with van der Waals surface area (Å²) in [6, 6.07) is 1.58. The summed E-state index contributed by atoms with van der Waals surface area (Å²) in [5.41, 5.74) is 6.75. The van der Waals surface area contributed by atoms with E-state index >= 15 is 0 Å². The summed E-state index contributed by atoms with van der Waals surface area (Å²) in [5.74, 6) is -0.489. The van der Waals surface area contributed by atoms with E-state index in [9.17, 15) is 9.18 Å². The van der Waals surface area contributed by atoms with Gasteiger partial charge in [-0.2, -0.15) is 0 Å². The quantitative estimate of drug-likeness (QED) is 0.512. The molecule has 0 amide bonds. The lowest BCUT2D eigenvalue weighted by molar-refractivity contribution is 0.112. The van der Waals surface area contributed by atoms with Crippen LogP contribution in [0.4, 0.5) is 10.1 Å². The van der Waals surface area contributed by atoms with E-state index < -0.39 is 5.82 Å². The first kappa shape index (κ1) is 8.71. The van der Waals surface area contributed by atoms with Gasteiger partial charge >= 0.3 is 0 Å². The number of nitrogen functional groups attached to an aromatic ring is 1. The number of hydrogen-bond acceptors (Lipinski definition) is 2. The van der Waals surface area contributed by atoms with Gasteiger partial charge in [0.25, 0.3) is 0 Å². The van der Waals surface area contributed by atoms with Gasteiger partial charge in [0.2, 0.25) is 0 Å². The van der Waals surface area contributed by atoms with Crippen LogP contribution in [0.25, 0.3) is 0 Å². The zero-order valence-electron chi connectivity index (χ0n) is 7.02. The van der Waals surface area contributed by atoms with Crippen molar-refractivity contribution in [1.82, 2.24) is 0 Å². The number of aldehydes is 1. The van der Waals surface area contributed by atoms with Gasteiger partial charge in [-0.15, -0.1) is 0 Å². The maximum Gasteiger partial charge on any atom is 0.152 e. The van der Waals surface area contributed by atoms with E-state index in [4.69, 9.17) is 5.73 Å². The van der Waals surface area contributed by atoms with Crippen LogP contribution in [-0.4, -0.2) is 6.29 Å². The standard InChI is InChI=1S/C9H10FNO/c1-5-3-7(4-12)9(11)8(10)6(5)2/h3-4H,11H2,1-2H3. The first-order chi connectivity index (χ1) is 5.57. The fourth-order valence-electron chi connectivity index (χ4n) is 1.02. The van der Waals surface area contributed by atoms with E-state index in [-0.39, 0.29) is 11.3 Å². The van der Waals surface area contributed by atoms with Crippen LogP contribution in [0.3, 0.4) is 0 Å². The van der Waals surface area contributed by atoms with Crippen molar-refractivity contribution in [2.75, 3.05) is 5.73 Å². The molecule has 3 heteroatoms. The summed E-state index contributed by atoms with van der Waals surface area (Å²) >= 11 is 0. The molecule has 0 fully saturated rings. The molecule has 0 heterocycles. The molecular weight excluding hydrogens is 157 g/mol. The zero-order chi connectivity index (χ0) is 9.30. The molecule has 64 valence electrons. The molecule has 0 bridgehead atoms. The third-order valence-corrected chi connectivity index (χ3v) is 1.97. The Kier molecular flexibility index (Phi) is 2.13. The van der Waals surface area contributed by atoms with Gasteiger partial charge in [0.15, 0.2) is 6.29 Å². The summed E-state index contributed by atoms with van der Waals surface area (Å²) in [4.78, 5) is 10.4. The van der Waals surface area contributed by atoms with Gasteiger partial charge in [-0.25, -0.2) is 4.39 Å². The number of benzene rings is 1. The maximum absolute atomic E-state index is 13.2. The van der Waals surface area contributed by atoms with E-state index in [1.54, 1.807) is 19.9 Å². The van der Waals surface area contributed by atoms with Gasteiger partial charge in [0.1, 0.15) is 5.82 Å². The first-order valence-corrected chi connectivity index (χ1v) is 3.58. The minimum Gasteiger partial charge on any atom is -0.396 e. The van der Waals surface area contributed by atoms with Crippen molar-refractivity contribution < 1.29 is 9.18 Å². The predicted molar refractivity (Wildman–Crippen MR) is 45.7 cm³/mol. The molecule has 0 saturated carbocycles. The highest BCUT2D eigenvalue weighted by molar-refractivity contribution is 5.84. The number of carbonyl (C=O) groups excluding carboxylic acids is 1. The SMILES string of the molecule is Cc1cc(C=O)c(N)c(F)c1C. The van der Waals surface area contributed by atoms with Crippen LogP contribution in [0.15, 0.2) is 6.07 Å². The van der Waals surface area contributed by atoms with Crippen molar-refractivity contribution in [2.24, 2.45) is 0 Å². The highest BCUT2D eigenvalue weighted by atomic mass is 19.1. The second-order valence-electron chi connectivity index (χ2n) is 2.75. The fraction of sp³-hybridized carbons (Fsp3) is 0.222. The van der Waals surface area contributed by atoms with Crippen LogP contribution in [-0.2, 0) is 0 Å². The Morgan fingerprint density at radius 3 is 2.58 bits per heavy atom. The predicted octanol–water partition coefficient (Wildman–Crippen LogP) is 1.84. The molecule has 0 aliphatic carbocycles. The second kappa shape index (κ2) is 2.93. The van der Waals surface area contributed by atoms with E-state index in [2.05, 4.69) is 0 Å². The topological polar surface area (TPSA) is 43.1 Å². The number of hydrogen-bond donors (Lipinski definition) is 1. The van der Waals surface area contributed by atoms with Crippen molar-refractivity contribution in [2.45, 2.75) is 13.8 Å². The van der Waals surface area contributed by atoms with Gasteiger partial charge in [-0.3, -0.25) is 4.79 Å². The summed E-state index contributed by atoms with van der Waals surface area (Å²) in [5, 5.41) is 0. The number of nitrogens with two attached hydrogens (primary N) is 1. The molecule has 0 spiro atoms.